The predicted molar refractivity (Wildman–Crippen MR) is 89.8 cm³/mol. The Kier molecular flexibility index (Phi) is 5.82. The standard InChI is InChI=1S/C16H21BrN2O2/c1-2-7-18-8-10-19(11-9-18)15-5-4-14(17)12-13(15)3-6-16(20)21/h3-6,12H,2,7-11H2,1H3,(H,20,21)/b6-3+. The van der Waals surface area contributed by atoms with Crippen molar-refractivity contribution in [3.8, 4) is 0 Å². The molecule has 1 saturated heterocycles. The van der Waals surface area contributed by atoms with Crippen LogP contribution in [0.1, 0.15) is 18.9 Å². The van der Waals surface area contributed by atoms with Crippen molar-refractivity contribution < 1.29 is 9.90 Å². The Bertz CT molecular complexity index is 523. The summed E-state index contributed by atoms with van der Waals surface area (Å²) in [6.07, 6.45) is 4.05. The monoisotopic (exact) mass is 352 g/mol. The predicted octanol–water partition coefficient (Wildman–Crippen LogP) is 3.08. The van der Waals surface area contributed by atoms with Crippen LogP contribution in [0.2, 0.25) is 0 Å². The molecule has 5 heteroatoms. The highest BCUT2D eigenvalue weighted by atomic mass is 79.9. The summed E-state index contributed by atoms with van der Waals surface area (Å²) in [5.74, 6) is -0.923. The number of benzene rings is 1. The Hall–Kier alpha value is -1.33. The van der Waals surface area contributed by atoms with Crippen molar-refractivity contribution >= 4 is 33.7 Å². The van der Waals surface area contributed by atoms with Crippen LogP contribution < -0.4 is 4.90 Å². The van der Waals surface area contributed by atoms with Crippen LogP contribution in [-0.2, 0) is 4.79 Å². The summed E-state index contributed by atoms with van der Waals surface area (Å²) in [5, 5.41) is 8.82. The summed E-state index contributed by atoms with van der Waals surface area (Å²) in [5.41, 5.74) is 2.04. The fraction of sp³-hybridized carbons (Fsp3) is 0.438. The van der Waals surface area contributed by atoms with Crippen molar-refractivity contribution in [3.63, 3.8) is 0 Å². The molecule has 0 bridgehead atoms. The van der Waals surface area contributed by atoms with Gasteiger partial charge in [0.25, 0.3) is 0 Å². The number of hydrogen-bond donors (Lipinski definition) is 1. The van der Waals surface area contributed by atoms with Crippen molar-refractivity contribution in [2.24, 2.45) is 0 Å². The molecule has 0 amide bonds. The lowest BCUT2D eigenvalue weighted by Gasteiger charge is -2.36. The van der Waals surface area contributed by atoms with E-state index in [1.807, 2.05) is 12.1 Å². The van der Waals surface area contributed by atoms with E-state index >= 15 is 0 Å². The molecule has 1 N–H and O–H groups in total. The molecular weight excluding hydrogens is 332 g/mol. The quantitative estimate of drug-likeness (QED) is 0.827. The maximum absolute atomic E-state index is 10.7. The maximum Gasteiger partial charge on any atom is 0.328 e. The van der Waals surface area contributed by atoms with Gasteiger partial charge < -0.3 is 10.0 Å². The van der Waals surface area contributed by atoms with Crippen LogP contribution >= 0.6 is 15.9 Å². The molecule has 1 aliphatic heterocycles. The summed E-state index contributed by atoms with van der Waals surface area (Å²) in [7, 11) is 0. The molecule has 0 atom stereocenters. The van der Waals surface area contributed by atoms with Crippen LogP contribution in [-0.4, -0.2) is 48.7 Å². The second-order valence-corrected chi connectivity index (χ2v) is 6.12. The van der Waals surface area contributed by atoms with E-state index in [-0.39, 0.29) is 0 Å². The smallest absolute Gasteiger partial charge is 0.328 e. The van der Waals surface area contributed by atoms with Crippen LogP contribution in [0.3, 0.4) is 0 Å². The number of carbonyl (C=O) groups is 1. The molecule has 1 heterocycles. The minimum Gasteiger partial charge on any atom is -0.478 e. The number of halogens is 1. The average molecular weight is 353 g/mol. The van der Waals surface area contributed by atoms with Crippen LogP contribution in [0.25, 0.3) is 6.08 Å². The zero-order valence-electron chi connectivity index (χ0n) is 12.3. The molecule has 4 nitrogen and oxygen atoms in total. The van der Waals surface area contributed by atoms with E-state index in [2.05, 4.69) is 38.7 Å². The molecule has 0 aromatic heterocycles. The first-order chi connectivity index (χ1) is 10.1. The van der Waals surface area contributed by atoms with Crippen molar-refractivity contribution in [3.05, 3.63) is 34.3 Å². The highest BCUT2D eigenvalue weighted by Crippen LogP contribution is 2.27. The van der Waals surface area contributed by atoms with E-state index < -0.39 is 5.97 Å². The van der Waals surface area contributed by atoms with Gasteiger partial charge in [-0.3, -0.25) is 4.90 Å². The SMILES string of the molecule is CCCN1CCN(c2ccc(Br)cc2/C=C/C(=O)O)CC1. The first kappa shape index (κ1) is 16.0. The zero-order chi connectivity index (χ0) is 15.2. The lowest BCUT2D eigenvalue weighted by Crippen LogP contribution is -2.46. The van der Waals surface area contributed by atoms with Crippen molar-refractivity contribution in [1.29, 1.82) is 0 Å². The molecule has 1 aliphatic rings. The van der Waals surface area contributed by atoms with Crippen molar-refractivity contribution in [2.45, 2.75) is 13.3 Å². The molecule has 1 aromatic rings. The Morgan fingerprint density at radius 1 is 1.33 bits per heavy atom. The summed E-state index contributed by atoms with van der Waals surface area (Å²) >= 11 is 3.45. The number of carboxylic acids is 1. The molecule has 114 valence electrons. The zero-order valence-corrected chi connectivity index (χ0v) is 13.8. The lowest BCUT2D eigenvalue weighted by molar-refractivity contribution is -0.131. The van der Waals surface area contributed by atoms with Gasteiger partial charge in [-0.1, -0.05) is 22.9 Å². The van der Waals surface area contributed by atoms with E-state index in [1.165, 1.54) is 12.5 Å². The summed E-state index contributed by atoms with van der Waals surface area (Å²) in [4.78, 5) is 15.5. The Morgan fingerprint density at radius 3 is 2.67 bits per heavy atom. The Morgan fingerprint density at radius 2 is 2.05 bits per heavy atom. The van der Waals surface area contributed by atoms with Gasteiger partial charge in [0.15, 0.2) is 0 Å². The normalized spacial score (nSPS) is 16.6. The topological polar surface area (TPSA) is 43.8 Å². The number of piperazine rings is 1. The Balaban J connectivity index is 2.14. The van der Waals surface area contributed by atoms with Crippen LogP contribution in [0.5, 0.6) is 0 Å². The van der Waals surface area contributed by atoms with Crippen molar-refractivity contribution in [1.82, 2.24) is 4.90 Å². The van der Waals surface area contributed by atoms with Gasteiger partial charge in [0.1, 0.15) is 0 Å². The third-order valence-corrected chi connectivity index (χ3v) is 4.14. The minimum atomic E-state index is -0.923. The molecule has 1 fully saturated rings. The molecule has 0 unspecified atom stereocenters. The second-order valence-electron chi connectivity index (χ2n) is 5.20. The second kappa shape index (κ2) is 7.61. The van der Waals surface area contributed by atoms with Gasteiger partial charge in [-0.05, 0) is 42.8 Å². The molecule has 0 spiro atoms. The van der Waals surface area contributed by atoms with E-state index in [9.17, 15) is 4.79 Å². The molecule has 1 aromatic carbocycles. The van der Waals surface area contributed by atoms with Crippen LogP contribution in [0.15, 0.2) is 28.7 Å². The van der Waals surface area contributed by atoms with Gasteiger partial charge in [-0.25, -0.2) is 4.79 Å². The average Bonchev–Trinajstić information content (AvgIpc) is 2.46. The molecule has 0 radical (unpaired) electrons. The third-order valence-electron chi connectivity index (χ3n) is 3.65. The lowest BCUT2D eigenvalue weighted by atomic mass is 10.1. The van der Waals surface area contributed by atoms with Crippen molar-refractivity contribution in [2.75, 3.05) is 37.6 Å². The van der Waals surface area contributed by atoms with Gasteiger partial charge in [0.2, 0.25) is 0 Å². The molecule has 2 rings (SSSR count). The van der Waals surface area contributed by atoms with E-state index in [0.717, 1.165) is 48.4 Å². The highest BCUT2D eigenvalue weighted by Gasteiger charge is 2.18. The molecule has 21 heavy (non-hydrogen) atoms. The molecule has 0 saturated carbocycles. The Labute approximate surface area is 134 Å². The number of anilines is 1. The van der Waals surface area contributed by atoms with E-state index in [1.54, 1.807) is 6.08 Å². The summed E-state index contributed by atoms with van der Waals surface area (Å²) in [6.45, 7) is 7.44. The van der Waals surface area contributed by atoms with Gasteiger partial charge >= 0.3 is 5.97 Å². The fourth-order valence-corrected chi connectivity index (χ4v) is 3.02. The number of carboxylic acid groups (broad SMARTS) is 1. The molecule has 0 aliphatic carbocycles. The van der Waals surface area contributed by atoms with E-state index in [4.69, 9.17) is 5.11 Å². The summed E-state index contributed by atoms with van der Waals surface area (Å²) in [6, 6.07) is 6.03. The van der Waals surface area contributed by atoms with Gasteiger partial charge in [-0.2, -0.15) is 0 Å². The third kappa shape index (κ3) is 4.58. The first-order valence-electron chi connectivity index (χ1n) is 7.28. The largest absolute Gasteiger partial charge is 0.478 e. The maximum atomic E-state index is 10.7. The fourth-order valence-electron chi connectivity index (χ4n) is 2.64. The van der Waals surface area contributed by atoms with Gasteiger partial charge in [-0.15, -0.1) is 0 Å². The minimum absolute atomic E-state index is 0.923. The highest BCUT2D eigenvalue weighted by molar-refractivity contribution is 9.10. The van der Waals surface area contributed by atoms with Gasteiger partial charge in [0.05, 0.1) is 0 Å². The summed E-state index contributed by atoms with van der Waals surface area (Å²) < 4.78 is 0.959. The number of hydrogen-bond acceptors (Lipinski definition) is 3. The van der Waals surface area contributed by atoms with Gasteiger partial charge in [0, 0.05) is 42.4 Å². The van der Waals surface area contributed by atoms with E-state index in [0.29, 0.717) is 0 Å². The number of nitrogens with zero attached hydrogens (tertiary/aromatic N) is 2. The number of rotatable bonds is 5. The number of aliphatic carboxylic acids is 1. The first-order valence-corrected chi connectivity index (χ1v) is 8.07. The van der Waals surface area contributed by atoms with Crippen LogP contribution in [0, 0.1) is 0 Å². The van der Waals surface area contributed by atoms with Crippen LogP contribution in [0.4, 0.5) is 5.69 Å². The molecular formula is C16H21BrN2O2.